The van der Waals surface area contributed by atoms with Crippen LogP contribution in [0, 0.1) is 20.8 Å². The first-order chi connectivity index (χ1) is 9.56. The second-order valence-electron chi connectivity index (χ2n) is 5.38. The van der Waals surface area contributed by atoms with Crippen molar-refractivity contribution < 1.29 is 4.74 Å². The molecule has 0 heterocycles. The van der Waals surface area contributed by atoms with E-state index >= 15 is 0 Å². The second kappa shape index (κ2) is 6.47. The van der Waals surface area contributed by atoms with E-state index in [2.05, 4.69) is 57.3 Å². The maximum atomic E-state index is 6.07. The second-order valence-corrected chi connectivity index (χ2v) is 5.38. The summed E-state index contributed by atoms with van der Waals surface area (Å²) in [7, 11) is 0. The highest BCUT2D eigenvalue weighted by atomic mass is 16.5. The van der Waals surface area contributed by atoms with Gasteiger partial charge in [0.2, 0.25) is 0 Å². The predicted octanol–water partition coefficient (Wildman–Crippen LogP) is 4.49. The van der Waals surface area contributed by atoms with Gasteiger partial charge in [-0.15, -0.1) is 0 Å². The number of hydrogen-bond donors (Lipinski definition) is 1. The maximum Gasteiger partial charge on any atom is 0.123 e. The van der Waals surface area contributed by atoms with Gasteiger partial charge in [0.15, 0.2) is 0 Å². The zero-order valence-corrected chi connectivity index (χ0v) is 12.7. The van der Waals surface area contributed by atoms with Crippen molar-refractivity contribution in [2.45, 2.75) is 33.8 Å². The minimum atomic E-state index is 0.120. The zero-order valence-electron chi connectivity index (χ0n) is 12.7. The molecule has 0 bridgehead atoms. The Balaban J connectivity index is 1.96. The fourth-order valence-corrected chi connectivity index (χ4v) is 2.20. The molecule has 106 valence electrons. The number of para-hydroxylation sites is 1. The molecule has 20 heavy (non-hydrogen) atoms. The minimum absolute atomic E-state index is 0.120. The van der Waals surface area contributed by atoms with Crippen molar-refractivity contribution in [2.75, 3.05) is 11.9 Å². The fourth-order valence-electron chi connectivity index (χ4n) is 2.20. The predicted molar refractivity (Wildman–Crippen MR) is 85.7 cm³/mol. The molecule has 0 saturated carbocycles. The Kier molecular flexibility index (Phi) is 4.67. The average molecular weight is 269 g/mol. The van der Waals surface area contributed by atoms with E-state index in [1.807, 2.05) is 18.2 Å². The number of aryl methyl sites for hydroxylation is 2. The van der Waals surface area contributed by atoms with E-state index in [0.717, 1.165) is 18.0 Å². The quantitative estimate of drug-likeness (QED) is 0.863. The molecule has 2 rings (SSSR count). The molecule has 1 atom stereocenters. The van der Waals surface area contributed by atoms with E-state index in [1.165, 1.54) is 16.7 Å². The summed E-state index contributed by atoms with van der Waals surface area (Å²) in [5.74, 6) is 0.991. The molecule has 0 fully saturated rings. The number of anilines is 1. The molecule has 1 unspecified atom stereocenters. The Morgan fingerprint density at radius 3 is 2.45 bits per heavy atom. The molecule has 0 saturated heterocycles. The van der Waals surface area contributed by atoms with Gasteiger partial charge in [0.25, 0.3) is 0 Å². The lowest BCUT2D eigenvalue weighted by molar-refractivity contribution is 0.233. The highest BCUT2D eigenvalue weighted by Crippen LogP contribution is 2.24. The Morgan fingerprint density at radius 2 is 1.75 bits per heavy atom. The third-order valence-electron chi connectivity index (χ3n) is 3.46. The van der Waals surface area contributed by atoms with E-state index in [1.54, 1.807) is 0 Å². The number of ether oxygens (including phenoxy) is 1. The van der Waals surface area contributed by atoms with Gasteiger partial charge < -0.3 is 10.1 Å². The summed E-state index contributed by atoms with van der Waals surface area (Å²) in [5.41, 5.74) is 4.87. The lowest BCUT2D eigenvalue weighted by Gasteiger charge is -2.19. The summed E-state index contributed by atoms with van der Waals surface area (Å²) >= 11 is 0. The lowest BCUT2D eigenvalue weighted by atomic mass is 10.1. The van der Waals surface area contributed by atoms with Crippen molar-refractivity contribution in [2.24, 2.45) is 0 Å². The first-order valence-corrected chi connectivity index (χ1v) is 7.09. The highest BCUT2D eigenvalue weighted by Gasteiger charge is 2.08. The van der Waals surface area contributed by atoms with Crippen LogP contribution >= 0.6 is 0 Å². The van der Waals surface area contributed by atoms with Crippen molar-refractivity contribution in [3.63, 3.8) is 0 Å². The Morgan fingerprint density at radius 1 is 1.05 bits per heavy atom. The van der Waals surface area contributed by atoms with Gasteiger partial charge in [0.05, 0.1) is 6.54 Å². The van der Waals surface area contributed by atoms with E-state index < -0.39 is 0 Å². The Hall–Kier alpha value is -1.96. The molecule has 2 nitrogen and oxygen atoms in total. The third-order valence-corrected chi connectivity index (χ3v) is 3.46. The molecule has 0 aromatic heterocycles. The molecule has 2 aromatic carbocycles. The smallest absolute Gasteiger partial charge is 0.123 e. The van der Waals surface area contributed by atoms with Gasteiger partial charge in [0, 0.05) is 5.69 Å². The van der Waals surface area contributed by atoms with Crippen LogP contribution in [0.25, 0.3) is 0 Å². The molecule has 0 amide bonds. The van der Waals surface area contributed by atoms with Crippen molar-refractivity contribution in [3.8, 4) is 5.75 Å². The SMILES string of the molecule is Cc1cc(C)c(C)c(OC(C)CNc2ccccc2)c1. The van der Waals surface area contributed by atoms with Gasteiger partial charge in [-0.25, -0.2) is 0 Å². The molecule has 0 aliphatic rings. The van der Waals surface area contributed by atoms with Crippen LogP contribution in [0.1, 0.15) is 23.6 Å². The standard InChI is InChI=1S/C18H23NO/c1-13-10-14(2)16(4)18(11-13)20-15(3)12-19-17-8-6-5-7-9-17/h5-11,15,19H,12H2,1-4H3. The molecule has 0 aliphatic carbocycles. The first-order valence-electron chi connectivity index (χ1n) is 7.09. The topological polar surface area (TPSA) is 21.3 Å². The van der Waals surface area contributed by atoms with E-state index in [0.29, 0.717) is 0 Å². The van der Waals surface area contributed by atoms with E-state index in [4.69, 9.17) is 4.74 Å². The number of hydrogen-bond acceptors (Lipinski definition) is 2. The van der Waals surface area contributed by atoms with Crippen LogP contribution in [0.4, 0.5) is 5.69 Å². The van der Waals surface area contributed by atoms with Crippen LogP contribution in [-0.4, -0.2) is 12.6 Å². The monoisotopic (exact) mass is 269 g/mol. The molecule has 2 heteroatoms. The molecular formula is C18H23NO. The zero-order chi connectivity index (χ0) is 14.5. The van der Waals surface area contributed by atoms with Gasteiger partial charge in [-0.05, 0) is 62.6 Å². The summed E-state index contributed by atoms with van der Waals surface area (Å²) in [6.07, 6.45) is 0.120. The van der Waals surface area contributed by atoms with Crippen LogP contribution in [0.3, 0.4) is 0 Å². The summed E-state index contributed by atoms with van der Waals surface area (Å²) < 4.78 is 6.07. The van der Waals surface area contributed by atoms with Crippen LogP contribution in [0.2, 0.25) is 0 Å². The Labute approximate surface area is 121 Å². The van der Waals surface area contributed by atoms with E-state index in [-0.39, 0.29) is 6.10 Å². The Bertz CT molecular complexity index is 563. The normalized spacial score (nSPS) is 12.0. The van der Waals surface area contributed by atoms with Crippen LogP contribution in [0.5, 0.6) is 5.75 Å². The van der Waals surface area contributed by atoms with Gasteiger partial charge in [-0.3, -0.25) is 0 Å². The third kappa shape index (κ3) is 3.77. The maximum absolute atomic E-state index is 6.07. The largest absolute Gasteiger partial charge is 0.489 e. The number of rotatable bonds is 5. The summed E-state index contributed by atoms with van der Waals surface area (Å²) in [6, 6.07) is 14.5. The molecule has 0 spiro atoms. The van der Waals surface area contributed by atoms with Gasteiger partial charge in [-0.1, -0.05) is 24.3 Å². The van der Waals surface area contributed by atoms with Crippen molar-refractivity contribution in [1.29, 1.82) is 0 Å². The van der Waals surface area contributed by atoms with Crippen molar-refractivity contribution in [3.05, 3.63) is 59.2 Å². The highest BCUT2D eigenvalue weighted by molar-refractivity contribution is 5.43. The van der Waals surface area contributed by atoms with Crippen molar-refractivity contribution in [1.82, 2.24) is 0 Å². The van der Waals surface area contributed by atoms with Crippen LogP contribution in [-0.2, 0) is 0 Å². The molecule has 1 N–H and O–H groups in total. The molecule has 0 radical (unpaired) electrons. The van der Waals surface area contributed by atoms with Crippen LogP contribution in [0.15, 0.2) is 42.5 Å². The minimum Gasteiger partial charge on any atom is -0.489 e. The molecular weight excluding hydrogens is 246 g/mol. The number of benzene rings is 2. The summed E-state index contributed by atoms with van der Waals surface area (Å²) in [6.45, 7) is 9.22. The average Bonchev–Trinajstić information content (AvgIpc) is 2.43. The van der Waals surface area contributed by atoms with Gasteiger partial charge in [0.1, 0.15) is 11.9 Å². The van der Waals surface area contributed by atoms with E-state index in [9.17, 15) is 0 Å². The molecule has 2 aromatic rings. The summed E-state index contributed by atoms with van der Waals surface area (Å²) in [4.78, 5) is 0. The summed E-state index contributed by atoms with van der Waals surface area (Å²) in [5, 5.41) is 3.39. The van der Waals surface area contributed by atoms with Crippen molar-refractivity contribution >= 4 is 5.69 Å². The van der Waals surface area contributed by atoms with Gasteiger partial charge >= 0.3 is 0 Å². The number of nitrogens with one attached hydrogen (secondary N) is 1. The fraction of sp³-hybridized carbons (Fsp3) is 0.333. The molecule has 0 aliphatic heterocycles. The lowest BCUT2D eigenvalue weighted by Crippen LogP contribution is -2.23. The van der Waals surface area contributed by atoms with Gasteiger partial charge in [-0.2, -0.15) is 0 Å². The first kappa shape index (κ1) is 14.4. The van der Waals surface area contributed by atoms with Crippen LogP contribution < -0.4 is 10.1 Å².